The number of benzene rings is 8. The zero-order valence-electron chi connectivity index (χ0n) is 30.6. The molecule has 1 nitrogen and oxygen atoms in total. The van der Waals surface area contributed by atoms with E-state index in [9.17, 15) is 0 Å². The number of hydrogen-bond donors (Lipinski definition) is 0. The summed E-state index contributed by atoms with van der Waals surface area (Å²) in [5.41, 5.74) is 17.9. The molecule has 1 aliphatic carbocycles. The highest BCUT2D eigenvalue weighted by Crippen LogP contribution is 2.52. The van der Waals surface area contributed by atoms with Crippen molar-refractivity contribution in [2.45, 2.75) is 46.5 Å². The first-order valence-electron chi connectivity index (χ1n) is 18.6. The van der Waals surface area contributed by atoms with Crippen molar-refractivity contribution in [3.05, 3.63) is 174 Å². The van der Waals surface area contributed by atoms with Gasteiger partial charge in [-0.2, -0.15) is 0 Å². The van der Waals surface area contributed by atoms with Gasteiger partial charge in [0.2, 0.25) is 0 Å². The predicted molar refractivity (Wildman–Crippen MR) is 224 cm³/mol. The van der Waals surface area contributed by atoms with Crippen LogP contribution in [0.25, 0.3) is 66.1 Å². The largest absolute Gasteiger partial charge is 0.310 e. The van der Waals surface area contributed by atoms with Crippen LogP contribution in [0.15, 0.2) is 158 Å². The highest BCUT2D eigenvalue weighted by molar-refractivity contribution is 6.13. The van der Waals surface area contributed by atoms with Crippen molar-refractivity contribution in [3.63, 3.8) is 0 Å². The minimum Gasteiger partial charge on any atom is -0.310 e. The average molecular weight is 670 g/mol. The predicted octanol–water partition coefficient (Wildman–Crippen LogP) is 15.0. The van der Waals surface area contributed by atoms with Crippen LogP contribution in [-0.2, 0) is 0 Å². The van der Waals surface area contributed by atoms with Crippen LogP contribution in [0, 0.1) is 6.92 Å². The van der Waals surface area contributed by atoms with E-state index in [0.717, 1.165) is 0 Å². The monoisotopic (exact) mass is 669 g/mol. The molecule has 0 amide bonds. The van der Waals surface area contributed by atoms with Gasteiger partial charge in [-0.25, -0.2) is 0 Å². The third-order valence-electron chi connectivity index (χ3n) is 11.0. The van der Waals surface area contributed by atoms with Crippen LogP contribution < -0.4 is 4.90 Å². The SMILES string of the molecule is Cc1ccc(C(C)C)cc1N(c1cccc(C(C)C)c1)c1ccc2cc3c(cc2c1)-c1cc2cc(-c4ccccc4)c(-c4ccccc4)cc2cc1-3. The summed E-state index contributed by atoms with van der Waals surface area (Å²) in [5, 5.41) is 5.07. The van der Waals surface area contributed by atoms with Crippen LogP contribution in [0.4, 0.5) is 17.1 Å². The molecule has 9 rings (SSSR count). The van der Waals surface area contributed by atoms with E-state index >= 15 is 0 Å². The van der Waals surface area contributed by atoms with Gasteiger partial charge in [-0.05, 0) is 168 Å². The highest BCUT2D eigenvalue weighted by atomic mass is 15.1. The Morgan fingerprint density at radius 3 is 1.40 bits per heavy atom. The fourth-order valence-electron chi connectivity index (χ4n) is 7.99. The topological polar surface area (TPSA) is 3.24 Å². The van der Waals surface area contributed by atoms with E-state index < -0.39 is 0 Å². The molecular formula is C51H43N. The van der Waals surface area contributed by atoms with Crippen molar-refractivity contribution in [1.29, 1.82) is 0 Å². The summed E-state index contributed by atoms with van der Waals surface area (Å²) in [7, 11) is 0. The fraction of sp³-hybridized carbons (Fsp3) is 0.137. The van der Waals surface area contributed by atoms with Gasteiger partial charge in [-0.15, -0.1) is 0 Å². The van der Waals surface area contributed by atoms with Gasteiger partial charge in [0.15, 0.2) is 0 Å². The summed E-state index contributed by atoms with van der Waals surface area (Å²) in [6, 6.07) is 59.0. The van der Waals surface area contributed by atoms with Crippen molar-refractivity contribution in [1.82, 2.24) is 0 Å². The second-order valence-corrected chi connectivity index (χ2v) is 15.1. The van der Waals surface area contributed by atoms with Gasteiger partial charge in [0.05, 0.1) is 0 Å². The summed E-state index contributed by atoms with van der Waals surface area (Å²) >= 11 is 0. The first-order valence-corrected chi connectivity index (χ1v) is 18.6. The Hall–Kier alpha value is -5.92. The molecule has 0 unspecified atom stereocenters. The lowest BCUT2D eigenvalue weighted by atomic mass is 9.77. The Kier molecular flexibility index (Phi) is 7.81. The normalized spacial score (nSPS) is 11.9. The van der Waals surface area contributed by atoms with Gasteiger partial charge in [0, 0.05) is 17.1 Å². The summed E-state index contributed by atoms with van der Waals surface area (Å²) in [4.78, 5) is 2.46. The molecule has 8 aromatic rings. The number of anilines is 3. The summed E-state index contributed by atoms with van der Waals surface area (Å²) in [5.74, 6) is 0.897. The minimum atomic E-state index is 0.448. The van der Waals surface area contributed by atoms with Crippen LogP contribution >= 0.6 is 0 Å². The second-order valence-electron chi connectivity index (χ2n) is 15.1. The Labute approximate surface area is 307 Å². The molecule has 0 aromatic heterocycles. The zero-order chi connectivity index (χ0) is 35.5. The number of rotatable bonds is 7. The fourth-order valence-corrected chi connectivity index (χ4v) is 7.99. The van der Waals surface area contributed by atoms with Crippen molar-refractivity contribution in [2.24, 2.45) is 0 Å². The molecule has 252 valence electrons. The molecule has 0 aliphatic heterocycles. The molecule has 0 saturated heterocycles. The van der Waals surface area contributed by atoms with Crippen molar-refractivity contribution in [2.75, 3.05) is 4.90 Å². The lowest BCUT2D eigenvalue weighted by molar-refractivity contribution is 0.864. The number of nitrogens with zero attached hydrogens (tertiary/aromatic N) is 1. The van der Waals surface area contributed by atoms with Crippen LogP contribution in [0.3, 0.4) is 0 Å². The van der Waals surface area contributed by atoms with Crippen LogP contribution in [0.5, 0.6) is 0 Å². The Morgan fingerprint density at radius 1 is 0.365 bits per heavy atom. The Balaban J connectivity index is 1.18. The summed E-state index contributed by atoms with van der Waals surface area (Å²) in [6.07, 6.45) is 0. The third-order valence-corrected chi connectivity index (χ3v) is 11.0. The molecule has 0 N–H and O–H groups in total. The van der Waals surface area contributed by atoms with Crippen molar-refractivity contribution < 1.29 is 0 Å². The van der Waals surface area contributed by atoms with Gasteiger partial charge in [0.25, 0.3) is 0 Å². The maximum Gasteiger partial charge on any atom is 0.0493 e. The number of aryl methyl sites for hydroxylation is 1. The lowest BCUT2D eigenvalue weighted by Gasteiger charge is -2.30. The zero-order valence-corrected chi connectivity index (χ0v) is 30.6. The number of hydrogen-bond acceptors (Lipinski definition) is 1. The molecule has 52 heavy (non-hydrogen) atoms. The molecule has 1 heteroatoms. The van der Waals surface area contributed by atoms with Crippen LogP contribution in [-0.4, -0.2) is 0 Å². The lowest BCUT2D eigenvalue weighted by Crippen LogP contribution is -2.12. The van der Waals surface area contributed by atoms with Crippen LogP contribution in [0.1, 0.15) is 56.2 Å². The summed E-state index contributed by atoms with van der Waals surface area (Å²) < 4.78 is 0. The first kappa shape index (κ1) is 32.0. The van der Waals surface area contributed by atoms with E-state index in [2.05, 4.69) is 197 Å². The molecule has 8 aromatic carbocycles. The highest BCUT2D eigenvalue weighted by Gasteiger charge is 2.25. The van der Waals surface area contributed by atoms with Crippen molar-refractivity contribution in [3.8, 4) is 44.5 Å². The molecule has 0 heterocycles. The molecule has 0 bridgehead atoms. The molecule has 1 aliphatic rings. The molecule has 0 spiro atoms. The van der Waals surface area contributed by atoms with Crippen molar-refractivity contribution >= 4 is 38.6 Å². The van der Waals surface area contributed by atoms with Gasteiger partial charge in [-0.1, -0.05) is 119 Å². The van der Waals surface area contributed by atoms with E-state index in [0.29, 0.717) is 11.8 Å². The molecular weight excluding hydrogens is 627 g/mol. The van der Waals surface area contributed by atoms with E-state index in [1.807, 2.05) is 0 Å². The van der Waals surface area contributed by atoms with Gasteiger partial charge in [0.1, 0.15) is 0 Å². The minimum absolute atomic E-state index is 0.448. The molecule has 0 radical (unpaired) electrons. The smallest absolute Gasteiger partial charge is 0.0493 e. The maximum absolute atomic E-state index is 2.46. The van der Waals surface area contributed by atoms with Gasteiger partial charge < -0.3 is 4.90 Å². The van der Waals surface area contributed by atoms with Crippen LogP contribution in [0.2, 0.25) is 0 Å². The molecule has 0 atom stereocenters. The number of fused-ring (bicyclic) bond motifs is 6. The van der Waals surface area contributed by atoms with Gasteiger partial charge >= 0.3 is 0 Å². The first-order chi connectivity index (χ1) is 25.3. The second kappa shape index (κ2) is 12.7. The molecule has 0 fully saturated rings. The Morgan fingerprint density at radius 2 is 0.846 bits per heavy atom. The van der Waals surface area contributed by atoms with Gasteiger partial charge in [-0.3, -0.25) is 0 Å². The summed E-state index contributed by atoms with van der Waals surface area (Å²) in [6.45, 7) is 11.3. The standard InChI is InChI=1S/C51H43N/c1-32(2)37-17-12-18-43(23-37)52(51-31-38(33(3)4)20-19-34(51)5)44-22-21-39-25-47-48(28-40(39)24-44)50-30-42-27-46(36-15-10-7-11-16-36)45(26-41(42)29-49(47)50)35-13-8-6-9-14-35/h6-33H,1-5H3. The van der Waals surface area contributed by atoms with E-state index in [1.165, 1.54) is 99.8 Å². The average Bonchev–Trinajstić information content (AvgIpc) is 3.17. The maximum atomic E-state index is 2.46. The Bertz CT molecular complexity index is 2630. The van der Waals surface area contributed by atoms with E-state index in [-0.39, 0.29) is 0 Å². The third kappa shape index (κ3) is 5.49. The quantitative estimate of drug-likeness (QED) is 0.163. The molecule has 0 saturated carbocycles. The van der Waals surface area contributed by atoms with E-state index in [4.69, 9.17) is 0 Å². The van der Waals surface area contributed by atoms with E-state index in [1.54, 1.807) is 0 Å².